The third-order valence-electron chi connectivity index (χ3n) is 2.34. The van der Waals surface area contributed by atoms with Crippen molar-refractivity contribution in [2.45, 2.75) is 6.18 Å². The zero-order valence-electron chi connectivity index (χ0n) is 10.7. The van der Waals surface area contributed by atoms with Crippen LogP contribution >= 0.6 is 0 Å². The molecule has 0 radical (unpaired) electrons. The van der Waals surface area contributed by atoms with Gasteiger partial charge in [0, 0.05) is 5.56 Å². The van der Waals surface area contributed by atoms with E-state index in [1.54, 1.807) is 0 Å². The first-order valence-electron chi connectivity index (χ1n) is 5.70. The molecular weight excluding hydrogens is 291 g/mol. The van der Waals surface area contributed by atoms with E-state index in [2.05, 4.69) is 10.6 Å². The molecule has 21 heavy (non-hydrogen) atoms. The summed E-state index contributed by atoms with van der Waals surface area (Å²) in [6, 6.07) is 3.53. The number of benzene rings is 1. The first-order valence-corrected chi connectivity index (χ1v) is 5.70. The van der Waals surface area contributed by atoms with Gasteiger partial charge in [-0.1, -0.05) is 0 Å². The van der Waals surface area contributed by atoms with Crippen molar-refractivity contribution in [1.82, 2.24) is 10.6 Å². The smallest absolute Gasteiger partial charge is 0.368 e. The lowest BCUT2D eigenvalue weighted by molar-refractivity contribution is -0.137. The lowest BCUT2D eigenvalue weighted by Gasteiger charge is -2.08. The van der Waals surface area contributed by atoms with Crippen LogP contribution in [0, 0.1) is 0 Å². The number of carbonyl (C=O) groups excluding carboxylic acids is 3. The Bertz CT molecular complexity index is 541. The maximum Gasteiger partial charge on any atom is 0.416 e. The summed E-state index contributed by atoms with van der Waals surface area (Å²) in [6.45, 7) is -0.790. The van der Waals surface area contributed by atoms with Gasteiger partial charge in [-0.05, 0) is 24.3 Å². The summed E-state index contributed by atoms with van der Waals surface area (Å²) in [5, 5.41) is 4.34. The molecule has 1 aromatic rings. The molecule has 1 rings (SSSR count). The monoisotopic (exact) mass is 303 g/mol. The number of primary amides is 1. The van der Waals surface area contributed by atoms with E-state index in [-0.39, 0.29) is 12.1 Å². The van der Waals surface area contributed by atoms with Crippen molar-refractivity contribution < 1.29 is 27.6 Å². The molecule has 0 unspecified atom stereocenters. The Morgan fingerprint density at radius 2 is 1.57 bits per heavy atom. The molecule has 0 aliphatic heterocycles. The molecule has 0 atom stereocenters. The van der Waals surface area contributed by atoms with E-state index in [4.69, 9.17) is 5.73 Å². The van der Waals surface area contributed by atoms with Crippen molar-refractivity contribution in [2.75, 3.05) is 13.1 Å². The van der Waals surface area contributed by atoms with E-state index in [1.165, 1.54) is 0 Å². The van der Waals surface area contributed by atoms with Gasteiger partial charge in [-0.2, -0.15) is 13.2 Å². The first-order chi connectivity index (χ1) is 9.70. The van der Waals surface area contributed by atoms with E-state index in [0.717, 1.165) is 24.3 Å². The Hall–Kier alpha value is -2.58. The standard InChI is InChI=1S/C12H12F3N3O3/c13-12(14,15)8-3-1-7(2-4-8)11(21)18-6-10(20)17-5-9(16)19/h1-4H,5-6H2,(H2,16,19)(H,17,20)(H,18,21). The highest BCUT2D eigenvalue weighted by Gasteiger charge is 2.30. The second-order valence-electron chi connectivity index (χ2n) is 4.00. The highest BCUT2D eigenvalue weighted by atomic mass is 19.4. The minimum absolute atomic E-state index is 0.0225. The van der Waals surface area contributed by atoms with Crippen LogP contribution in [0.1, 0.15) is 15.9 Å². The Labute approximate surface area is 117 Å². The SMILES string of the molecule is NC(=O)CNC(=O)CNC(=O)c1ccc(C(F)(F)F)cc1. The summed E-state index contributed by atoms with van der Waals surface area (Å²) in [4.78, 5) is 33.2. The predicted octanol–water partition coefficient (Wildman–Crippen LogP) is 0.0367. The fourth-order valence-electron chi connectivity index (χ4n) is 1.32. The minimum Gasteiger partial charge on any atom is -0.368 e. The number of halogens is 3. The van der Waals surface area contributed by atoms with Gasteiger partial charge in [-0.3, -0.25) is 14.4 Å². The molecule has 0 saturated carbocycles. The summed E-state index contributed by atoms with van der Waals surface area (Å²) < 4.78 is 37.0. The third kappa shape index (κ3) is 5.51. The zero-order chi connectivity index (χ0) is 16.0. The molecule has 0 heterocycles. The molecule has 0 fully saturated rings. The highest BCUT2D eigenvalue weighted by molar-refractivity contribution is 5.96. The molecule has 9 heteroatoms. The van der Waals surface area contributed by atoms with Crippen LogP contribution in [0.2, 0.25) is 0 Å². The van der Waals surface area contributed by atoms with Gasteiger partial charge in [0.25, 0.3) is 5.91 Å². The maximum absolute atomic E-state index is 12.3. The van der Waals surface area contributed by atoms with Crippen molar-refractivity contribution in [3.8, 4) is 0 Å². The van der Waals surface area contributed by atoms with Crippen LogP contribution in [0.3, 0.4) is 0 Å². The van der Waals surface area contributed by atoms with Crippen LogP contribution in [0.15, 0.2) is 24.3 Å². The molecule has 1 aromatic carbocycles. The minimum atomic E-state index is -4.48. The Morgan fingerprint density at radius 1 is 1.00 bits per heavy atom. The van der Waals surface area contributed by atoms with E-state index < -0.39 is 36.0 Å². The first kappa shape index (κ1) is 16.5. The van der Waals surface area contributed by atoms with Crippen LogP contribution in [-0.2, 0) is 15.8 Å². The third-order valence-corrected chi connectivity index (χ3v) is 2.34. The predicted molar refractivity (Wildman–Crippen MR) is 66.0 cm³/mol. The summed E-state index contributed by atoms with van der Waals surface area (Å²) in [7, 11) is 0. The number of rotatable bonds is 5. The number of carbonyl (C=O) groups is 3. The normalized spacial score (nSPS) is 10.8. The molecule has 0 aromatic heterocycles. The van der Waals surface area contributed by atoms with Gasteiger partial charge in [-0.25, -0.2) is 0 Å². The van der Waals surface area contributed by atoms with Crippen LogP contribution in [0.25, 0.3) is 0 Å². The summed E-state index contributed by atoms with van der Waals surface area (Å²) in [5.74, 6) is -2.09. The van der Waals surface area contributed by atoms with E-state index >= 15 is 0 Å². The fourth-order valence-corrected chi connectivity index (χ4v) is 1.32. The average molecular weight is 303 g/mol. The van der Waals surface area contributed by atoms with Gasteiger partial charge in [0.15, 0.2) is 0 Å². The van der Waals surface area contributed by atoms with Gasteiger partial charge in [0.1, 0.15) is 0 Å². The molecule has 3 amide bonds. The highest BCUT2D eigenvalue weighted by Crippen LogP contribution is 2.28. The molecule has 0 aliphatic carbocycles. The number of hydrogen-bond acceptors (Lipinski definition) is 3. The lowest BCUT2D eigenvalue weighted by Crippen LogP contribution is -2.40. The lowest BCUT2D eigenvalue weighted by atomic mass is 10.1. The number of hydrogen-bond donors (Lipinski definition) is 3. The van der Waals surface area contributed by atoms with Crippen LogP contribution < -0.4 is 16.4 Å². The number of nitrogens with one attached hydrogen (secondary N) is 2. The molecule has 4 N–H and O–H groups in total. The van der Waals surface area contributed by atoms with Crippen molar-refractivity contribution in [3.63, 3.8) is 0 Å². The summed E-state index contributed by atoms with van der Waals surface area (Å²) >= 11 is 0. The Kier molecular flexibility index (Phi) is 5.28. The van der Waals surface area contributed by atoms with Crippen LogP contribution in [0.5, 0.6) is 0 Å². The van der Waals surface area contributed by atoms with Gasteiger partial charge in [0.05, 0.1) is 18.7 Å². The summed E-state index contributed by atoms with van der Waals surface area (Å²) in [6.07, 6.45) is -4.48. The van der Waals surface area contributed by atoms with Gasteiger partial charge < -0.3 is 16.4 Å². The second-order valence-corrected chi connectivity index (χ2v) is 4.00. The van der Waals surface area contributed by atoms with Crippen molar-refractivity contribution in [2.24, 2.45) is 5.73 Å². The van der Waals surface area contributed by atoms with Crippen LogP contribution in [0.4, 0.5) is 13.2 Å². The van der Waals surface area contributed by atoms with Crippen molar-refractivity contribution in [3.05, 3.63) is 35.4 Å². The Morgan fingerprint density at radius 3 is 2.05 bits per heavy atom. The molecule has 0 aliphatic rings. The number of alkyl halides is 3. The molecule has 6 nitrogen and oxygen atoms in total. The van der Waals surface area contributed by atoms with E-state index in [9.17, 15) is 27.6 Å². The quantitative estimate of drug-likeness (QED) is 0.715. The van der Waals surface area contributed by atoms with Crippen LogP contribution in [-0.4, -0.2) is 30.8 Å². The average Bonchev–Trinajstić information content (AvgIpc) is 2.41. The van der Waals surface area contributed by atoms with Gasteiger partial charge in [0.2, 0.25) is 11.8 Å². The van der Waals surface area contributed by atoms with E-state index in [0.29, 0.717) is 0 Å². The van der Waals surface area contributed by atoms with Gasteiger partial charge >= 0.3 is 6.18 Å². The van der Waals surface area contributed by atoms with Gasteiger partial charge in [-0.15, -0.1) is 0 Å². The molecule has 0 bridgehead atoms. The topological polar surface area (TPSA) is 101 Å². The zero-order valence-corrected chi connectivity index (χ0v) is 10.7. The number of nitrogens with two attached hydrogens (primary N) is 1. The fraction of sp³-hybridized carbons (Fsp3) is 0.250. The molecular formula is C12H12F3N3O3. The number of amides is 3. The molecule has 0 spiro atoms. The van der Waals surface area contributed by atoms with Crippen molar-refractivity contribution >= 4 is 17.7 Å². The Balaban J connectivity index is 2.53. The maximum atomic E-state index is 12.3. The molecule has 114 valence electrons. The second kappa shape index (κ2) is 6.73. The van der Waals surface area contributed by atoms with E-state index in [1.807, 2.05) is 0 Å². The van der Waals surface area contributed by atoms with Crippen molar-refractivity contribution in [1.29, 1.82) is 0 Å². The molecule has 0 saturated heterocycles. The largest absolute Gasteiger partial charge is 0.416 e. The summed E-state index contributed by atoms with van der Waals surface area (Å²) in [5.41, 5.74) is 3.91.